The van der Waals surface area contributed by atoms with E-state index in [4.69, 9.17) is 4.74 Å². The number of hydrogen-bond donors (Lipinski definition) is 0. The first kappa shape index (κ1) is 17.2. The Balaban J connectivity index is 2.28. The van der Waals surface area contributed by atoms with E-state index in [0.29, 0.717) is 23.2 Å². The Morgan fingerprint density at radius 2 is 2.00 bits per heavy atom. The first-order valence-corrected chi connectivity index (χ1v) is 8.22. The van der Waals surface area contributed by atoms with Crippen LogP contribution in [0.15, 0.2) is 53.0 Å². The summed E-state index contributed by atoms with van der Waals surface area (Å²) in [4.78, 5) is 10.9. The van der Waals surface area contributed by atoms with Crippen LogP contribution in [0.5, 0.6) is 5.75 Å². The average molecular weight is 376 g/mol. The van der Waals surface area contributed by atoms with Crippen molar-refractivity contribution in [1.82, 2.24) is 0 Å². The lowest BCUT2D eigenvalue weighted by Gasteiger charge is -2.11. The molecule has 2 rings (SSSR count). The molecular weight excluding hydrogens is 358 g/mol. The van der Waals surface area contributed by atoms with Crippen molar-refractivity contribution in [2.24, 2.45) is 0 Å². The highest BCUT2D eigenvalue weighted by Crippen LogP contribution is 2.35. The quantitative estimate of drug-likeness (QED) is 0.480. The summed E-state index contributed by atoms with van der Waals surface area (Å²) in [6.07, 6.45) is 5.34. The molecule has 0 N–H and O–H groups in total. The van der Waals surface area contributed by atoms with E-state index < -0.39 is 4.92 Å². The van der Waals surface area contributed by atoms with Gasteiger partial charge >= 0.3 is 5.69 Å². The van der Waals surface area contributed by atoms with Gasteiger partial charge in [-0.25, -0.2) is 0 Å². The van der Waals surface area contributed by atoms with E-state index in [1.165, 1.54) is 6.07 Å². The highest BCUT2D eigenvalue weighted by molar-refractivity contribution is 9.10. The Hall–Kier alpha value is -2.14. The number of hydrogen-bond acceptors (Lipinski definition) is 3. The number of ether oxygens (including phenoxy) is 1. The van der Waals surface area contributed by atoms with E-state index in [-0.39, 0.29) is 5.69 Å². The maximum Gasteiger partial charge on any atom is 0.312 e. The molecule has 2 aromatic rings. The summed E-state index contributed by atoms with van der Waals surface area (Å²) < 4.78 is 6.32. The van der Waals surface area contributed by atoms with E-state index >= 15 is 0 Å². The Labute approximate surface area is 144 Å². The number of nitro benzene ring substituents is 1. The highest BCUT2D eigenvalue weighted by Gasteiger charge is 2.20. The van der Waals surface area contributed by atoms with Crippen molar-refractivity contribution in [3.05, 3.63) is 74.3 Å². The van der Waals surface area contributed by atoms with Crippen LogP contribution in [0.25, 0.3) is 6.08 Å². The summed E-state index contributed by atoms with van der Waals surface area (Å²) in [6, 6.07) is 13.3. The molecule has 0 saturated heterocycles. The molecule has 0 bridgehead atoms. The number of nitrogens with zero attached hydrogens (tertiary/aromatic N) is 1. The zero-order valence-corrected chi connectivity index (χ0v) is 14.5. The average Bonchev–Trinajstić information content (AvgIpc) is 2.54. The van der Waals surface area contributed by atoms with Gasteiger partial charge in [0.2, 0.25) is 5.75 Å². The minimum Gasteiger partial charge on any atom is -0.487 e. The van der Waals surface area contributed by atoms with Crippen LogP contribution in [-0.2, 0) is 6.42 Å². The van der Waals surface area contributed by atoms with Crippen molar-refractivity contribution in [2.75, 3.05) is 6.61 Å². The van der Waals surface area contributed by atoms with E-state index in [9.17, 15) is 10.1 Å². The van der Waals surface area contributed by atoms with E-state index in [1.54, 1.807) is 0 Å². The Bertz CT molecular complexity index is 699. The first-order chi connectivity index (χ1) is 11.1. The lowest BCUT2D eigenvalue weighted by atomic mass is 10.1. The van der Waals surface area contributed by atoms with Crippen LogP contribution in [0, 0.1) is 10.1 Å². The van der Waals surface area contributed by atoms with Crippen molar-refractivity contribution in [1.29, 1.82) is 0 Å². The third-order valence-corrected chi connectivity index (χ3v) is 3.66. The number of nitro groups is 1. The highest BCUT2D eigenvalue weighted by atomic mass is 79.9. The SMILES string of the molecule is CCCOc1c(C/C=C/c2ccccc2)cc(Br)cc1[N+](=O)[O-]. The predicted octanol–water partition coefficient (Wildman–Crippen LogP) is 5.40. The van der Waals surface area contributed by atoms with Gasteiger partial charge in [-0.2, -0.15) is 0 Å². The van der Waals surface area contributed by atoms with Gasteiger partial charge in [0.15, 0.2) is 0 Å². The molecule has 120 valence electrons. The number of allylic oxidation sites excluding steroid dienone is 1. The lowest BCUT2D eigenvalue weighted by Crippen LogP contribution is -2.03. The second kappa shape index (κ2) is 8.48. The zero-order valence-electron chi connectivity index (χ0n) is 12.9. The topological polar surface area (TPSA) is 52.4 Å². The molecule has 0 atom stereocenters. The van der Waals surface area contributed by atoms with Gasteiger partial charge in [0.05, 0.1) is 11.5 Å². The van der Waals surface area contributed by atoms with Crippen molar-refractivity contribution in [2.45, 2.75) is 19.8 Å². The summed E-state index contributed by atoms with van der Waals surface area (Å²) >= 11 is 3.34. The smallest absolute Gasteiger partial charge is 0.312 e. The molecule has 23 heavy (non-hydrogen) atoms. The van der Waals surface area contributed by atoms with Gasteiger partial charge < -0.3 is 4.74 Å². The normalized spacial score (nSPS) is 10.9. The van der Waals surface area contributed by atoms with Gasteiger partial charge in [-0.3, -0.25) is 10.1 Å². The molecule has 0 amide bonds. The molecule has 0 aromatic heterocycles. The standard InChI is InChI=1S/C18H18BrNO3/c1-2-11-23-18-15(12-16(19)13-17(18)20(21)22)10-6-9-14-7-4-3-5-8-14/h3-9,12-13H,2,10-11H2,1H3/b9-6+. The van der Waals surface area contributed by atoms with Crippen molar-refractivity contribution in [3.8, 4) is 5.75 Å². The summed E-state index contributed by atoms with van der Waals surface area (Å²) in [6.45, 7) is 2.43. The van der Waals surface area contributed by atoms with Crippen LogP contribution in [0.3, 0.4) is 0 Å². The lowest BCUT2D eigenvalue weighted by molar-refractivity contribution is -0.386. The van der Waals surface area contributed by atoms with Crippen LogP contribution in [0.1, 0.15) is 24.5 Å². The Morgan fingerprint density at radius 1 is 1.26 bits per heavy atom. The molecule has 0 heterocycles. The Kier molecular flexibility index (Phi) is 6.35. The molecule has 0 aliphatic rings. The molecule has 0 spiro atoms. The second-order valence-corrected chi connectivity index (χ2v) is 5.95. The predicted molar refractivity (Wildman–Crippen MR) is 95.8 cm³/mol. The van der Waals surface area contributed by atoms with Crippen LogP contribution >= 0.6 is 15.9 Å². The van der Waals surface area contributed by atoms with Gasteiger partial charge in [0.25, 0.3) is 0 Å². The zero-order chi connectivity index (χ0) is 16.7. The van der Waals surface area contributed by atoms with Gasteiger partial charge in [-0.1, -0.05) is 65.3 Å². The van der Waals surface area contributed by atoms with Crippen LogP contribution in [0.2, 0.25) is 0 Å². The maximum absolute atomic E-state index is 11.3. The van der Waals surface area contributed by atoms with Gasteiger partial charge in [-0.05, 0) is 24.5 Å². The summed E-state index contributed by atoms with van der Waals surface area (Å²) in [5.74, 6) is 0.359. The monoisotopic (exact) mass is 375 g/mol. The van der Waals surface area contributed by atoms with Crippen LogP contribution < -0.4 is 4.74 Å². The number of benzene rings is 2. The summed E-state index contributed by atoms with van der Waals surface area (Å²) in [5, 5.41) is 11.3. The second-order valence-electron chi connectivity index (χ2n) is 5.04. The maximum atomic E-state index is 11.3. The molecule has 4 nitrogen and oxygen atoms in total. The minimum atomic E-state index is -0.403. The Morgan fingerprint density at radius 3 is 2.65 bits per heavy atom. The third kappa shape index (κ3) is 4.93. The molecule has 0 aliphatic carbocycles. The number of rotatable bonds is 7. The molecular formula is C18H18BrNO3. The molecule has 2 aromatic carbocycles. The molecule has 0 unspecified atom stereocenters. The summed E-state index contributed by atoms with van der Waals surface area (Å²) in [7, 11) is 0. The fourth-order valence-corrected chi connectivity index (χ4v) is 2.67. The van der Waals surface area contributed by atoms with Gasteiger partial charge in [0, 0.05) is 16.1 Å². The molecule has 5 heteroatoms. The van der Waals surface area contributed by atoms with Crippen molar-refractivity contribution < 1.29 is 9.66 Å². The first-order valence-electron chi connectivity index (χ1n) is 7.43. The molecule has 0 aliphatic heterocycles. The van der Waals surface area contributed by atoms with E-state index in [0.717, 1.165) is 17.5 Å². The van der Waals surface area contributed by atoms with Crippen LogP contribution in [-0.4, -0.2) is 11.5 Å². The van der Waals surface area contributed by atoms with E-state index in [1.807, 2.05) is 55.5 Å². The largest absolute Gasteiger partial charge is 0.487 e. The molecule has 0 saturated carbocycles. The number of halogens is 1. The summed E-state index contributed by atoms with van der Waals surface area (Å²) in [5.41, 5.74) is 1.88. The van der Waals surface area contributed by atoms with Gasteiger partial charge in [0.1, 0.15) is 0 Å². The minimum absolute atomic E-state index is 0.00376. The van der Waals surface area contributed by atoms with Crippen molar-refractivity contribution >= 4 is 27.7 Å². The molecule has 0 fully saturated rings. The fraction of sp³-hybridized carbons (Fsp3) is 0.222. The van der Waals surface area contributed by atoms with Crippen molar-refractivity contribution in [3.63, 3.8) is 0 Å². The van der Waals surface area contributed by atoms with Crippen LogP contribution in [0.4, 0.5) is 5.69 Å². The van der Waals surface area contributed by atoms with E-state index in [2.05, 4.69) is 15.9 Å². The molecule has 0 radical (unpaired) electrons. The van der Waals surface area contributed by atoms with Gasteiger partial charge in [-0.15, -0.1) is 0 Å². The fourth-order valence-electron chi connectivity index (χ4n) is 2.18. The third-order valence-electron chi connectivity index (χ3n) is 3.21.